The van der Waals surface area contributed by atoms with E-state index in [2.05, 4.69) is 32.4 Å². The first-order chi connectivity index (χ1) is 22.3. The van der Waals surface area contributed by atoms with Crippen LogP contribution in [0.15, 0.2) is 36.8 Å². The van der Waals surface area contributed by atoms with Crippen molar-refractivity contribution in [2.45, 2.75) is 50.5 Å². The van der Waals surface area contributed by atoms with E-state index in [-0.39, 0.29) is 42.3 Å². The topological polar surface area (TPSA) is 79.1 Å². The molecule has 4 fully saturated rings. The molecule has 238 valence electrons. The summed E-state index contributed by atoms with van der Waals surface area (Å²) in [5.41, 5.74) is 3.75. The zero-order valence-electron chi connectivity index (χ0n) is 25.9. The summed E-state index contributed by atoms with van der Waals surface area (Å²) < 4.78 is 36.8. The maximum atomic E-state index is 16.7. The van der Waals surface area contributed by atoms with Crippen molar-refractivity contribution in [1.82, 2.24) is 24.8 Å². The Hall–Kier alpha value is -4.17. The Balaban J connectivity index is 1.16. The number of hydrogen-bond donors (Lipinski definition) is 0. The van der Waals surface area contributed by atoms with Crippen molar-refractivity contribution in [2.24, 2.45) is 11.3 Å². The van der Waals surface area contributed by atoms with Gasteiger partial charge in [-0.15, -0.1) is 0 Å². The van der Waals surface area contributed by atoms with E-state index in [0.29, 0.717) is 36.2 Å². The van der Waals surface area contributed by atoms with Crippen molar-refractivity contribution < 1.29 is 18.3 Å². The third-order valence-electron chi connectivity index (χ3n) is 10.7. The molecule has 4 heterocycles. The summed E-state index contributed by atoms with van der Waals surface area (Å²) in [6.07, 6.45) is 8.36. The number of ether oxygens (including phenoxy) is 1. The lowest BCUT2D eigenvalue weighted by Gasteiger charge is -2.39. The average molecular weight is 626 g/mol. The Labute approximate surface area is 267 Å². The van der Waals surface area contributed by atoms with Gasteiger partial charge in [0, 0.05) is 43.4 Å². The summed E-state index contributed by atoms with van der Waals surface area (Å²) in [6.45, 7) is 14.9. The minimum atomic E-state index is -1.06. The van der Waals surface area contributed by atoms with E-state index < -0.39 is 23.6 Å². The largest absolute Gasteiger partial charge is 0.463 e. The van der Waals surface area contributed by atoms with Crippen LogP contribution in [-0.2, 0) is 11.2 Å². The molecule has 1 amide bonds. The van der Waals surface area contributed by atoms with Crippen LogP contribution in [0.25, 0.3) is 27.0 Å². The van der Waals surface area contributed by atoms with Gasteiger partial charge in [-0.1, -0.05) is 24.8 Å². The lowest BCUT2D eigenvalue weighted by Crippen LogP contribution is -2.56. The van der Waals surface area contributed by atoms with Gasteiger partial charge in [0.1, 0.15) is 23.1 Å². The van der Waals surface area contributed by atoms with Gasteiger partial charge >= 0.3 is 6.01 Å². The number of amides is 1. The van der Waals surface area contributed by atoms with Gasteiger partial charge in [0.15, 0.2) is 11.6 Å². The van der Waals surface area contributed by atoms with Gasteiger partial charge < -0.3 is 24.3 Å². The van der Waals surface area contributed by atoms with E-state index in [1.54, 1.807) is 6.20 Å². The third kappa shape index (κ3) is 5.16. The van der Waals surface area contributed by atoms with Gasteiger partial charge in [0.25, 0.3) is 5.91 Å². The minimum Gasteiger partial charge on any atom is -0.463 e. The molecule has 11 heteroatoms. The summed E-state index contributed by atoms with van der Waals surface area (Å²) in [5.74, 6) is -0.735. The van der Waals surface area contributed by atoms with Crippen LogP contribution in [0.3, 0.4) is 0 Å². The van der Waals surface area contributed by atoms with E-state index in [9.17, 15) is 9.18 Å². The molecule has 3 atom stereocenters. The number of carbonyl (C=O) groups is 1. The fraction of sp³-hybridized carbons (Fsp3) is 0.514. The number of fused-ring (bicyclic) bond motifs is 4. The smallest absolute Gasteiger partial charge is 0.319 e. The van der Waals surface area contributed by atoms with Crippen molar-refractivity contribution in [3.05, 3.63) is 65.2 Å². The fourth-order valence-electron chi connectivity index (χ4n) is 7.92. The predicted molar refractivity (Wildman–Crippen MR) is 170 cm³/mol. The maximum absolute atomic E-state index is 16.7. The molecule has 8 rings (SSSR count). The first-order valence-electron chi connectivity index (χ1n) is 16.4. The second-order valence-corrected chi connectivity index (χ2v) is 13.8. The van der Waals surface area contributed by atoms with Crippen LogP contribution in [0.5, 0.6) is 6.01 Å². The first-order valence-corrected chi connectivity index (χ1v) is 16.4. The second kappa shape index (κ2) is 11.3. The summed E-state index contributed by atoms with van der Waals surface area (Å²) in [7, 11) is 0. The zero-order chi connectivity index (χ0) is 31.6. The molecule has 5 aliphatic rings. The van der Waals surface area contributed by atoms with Crippen molar-refractivity contribution in [1.29, 1.82) is 0 Å². The molecular weight excluding hydrogens is 588 g/mol. The Morgan fingerprint density at radius 1 is 1.17 bits per heavy atom. The number of halogens is 2. The zero-order valence-corrected chi connectivity index (χ0v) is 25.9. The molecule has 0 N–H and O–H groups in total. The van der Waals surface area contributed by atoms with Crippen molar-refractivity contribution in [3.63, 3.8) is 0 Å². The number of benzene rings is 1. The summed E-state index contributed by atoms with van der Waals surface area (Å²) in [6, 6.07) is 5.59. The summed E-state index contributed by atoms with van der Waals surface area (Å²) in [5, 5.41) is 0.429. The number of anilines is 1. The Kier molecular flexibility index (Phi) is 7.16. The molecule has 2 aromatic heterocycles. The monoisotopic (exact) mass is 625 g/mol. The molecule has 1 aromatic carbocycles. The summed E-state index contributed by atoms with van der Waals surface area (Å²) >= 11 is 0. The van der Waals surface area contributed by atoms with Gasteiger partial charge in [-0.25, -0.2) is 15.4 Å². The van der Waals surface area contributed by atoms with Crippen LogP contribution >= 0.6 is 0 Å². The van der Waals surface area contributed by atoms with Crippen LogP contribution < -0.4 is 9.64 Å². The van der Waals surface area contributed by atoms with Gasteiger partial charge in [-0.2, -0.15) is 9.97 Å². The Morgan fingerprint density at radius 2 is 2.00 bits per heavy atom. The van der Waals surface area contributed by atoms with Gasteiger partial charge in [0.2, 0.25) is 6.54 Å². The quantitative estimate of drug-likeness (QED) is 0.240. The number of hydrogen-bond acceptors (Lipinski definition) is 7. The number of nitrogens with zero attached hydrogens (tertiary/aromatic N) is 7. The van der Waals surface area contributed by atoms with Gasteiger partial charge in [-0.3, -0.25) is 9.78 Å². The standard InChI is InChI=1S/C35H37F2N7O2/c1-21(36)33(45)44-13-12-43(18-23(44)16-38-2)32-28-17-39-30(25-7-5-6-24-26-14-22(26)15-27(24)25)29(37)31(28)40-34(41-32)46-20-35(8-9-35)19-42-10-3-4-11-42/h5-7,17,22-23,26H,1,3-4,8-16,18-20H2/t22-,23-,26-/m0/s1. The van der Waals surface area contributed by atoms with Crippen LogP contribution in [0.1, 0.15) is 49.1 Å². The Morgan fingerprint density at radius 3 is 2.76 bits per heavy atom. The molecule has 3 aromatic rings. The highest BCUT2D eigenvalue weighted by molar-refractivity contribution is 5.93. The van der Waals surface area contributed by atoms with E-state index in [0.717, 1.165) is 44.5 Å². The molecule has 46 heavy (non-hydrogen) atoms. The molecule has 9 nitrogen and oxygen atoms in total. The molecule has 2 aliphatic heterocycles. The number of likely N-dealkylation sites (tertiary alicyclic amines) is 1. The molecule has 0 unspecified atom stereocenters. The van der Waals surface area contributed by atoms with Crippen LogP contribution in [-0.4, -0.2) is 89.1 Å². The van der Waals surface area contributed by atoms with E-state index in [1.807, 2.05) is 17.0 Å². The van der Waals surface area contributed by atoms with E-state index in [4.69, 9.17) is 16.3 Å². The third-order valence-corrected chi connectivity index (χ3v) is 10.7. The highest BCUT2D eigenvalue weighted by atomic mass is 19.1. The second-order valence-electron chi connectivity index (χ2n) is 13.8. The van der Waals surface area contributed by atoms with E-state index in [1.165, 1.54) is 35.3 Å². The number of aromatic nitrogens is 3. The lowest BCUT2D eigenvalue weighted by molar-refractivity contribution is -0.131. The van der Waals surface area contributed by atoms with Crippen LogP contribution in [0.2, 0.25) is 0 Å². The maximum Gasteiger partial charge on any atom is 0.319 e. The van der Waals surface area contributed by atoms with Crippen LogP contribution in [0.4, 0.5) is 14.6 Å². The highest BCUT2D eigenvalue weighted by Crippen LogP contribution is 2.58. The van der Waals surface area contributed by atoms with Crippen molar-refractivity contribution >= 4 is 22.6 Å². The normalized spacial score (nSPS) is 24.4. The molecule has 2 saturated heterocycles. The highest BCUT2D eigenvalue weighted by Gasteiger charge is 2.47. The molecular formula is C35H37F2N7O2. The molecule has 2 saturated carbocycles. The number of carbonyl (C=O) groups excluding carboxylic acids is 1. The van der Waals surface area contributed by atoms with E-state index >= 15 is 4.39 Å². The Bertz CT molecular complexity index is 1780. The molecule has 0 spiro atoms. The molecule has 0 bridgehead atoms. The van der Waals surface area contributed by atoms with Crippen molar-refractivity contribution in [2.75, 3.05) is 57.3 Å². The first kappa shape index (κ1) is 29.2. The minimum absolute atomic E-state index is 0.0151. The molecule has 3 aliphatic carbocycles. The number of rotatable bonds is 9. The average Bonchev–Trinajstić information content (AvgIpc) is 3.91. The van der Waals surface area contributed by atoms with Gasteiger partial charge in [0.05, 0.1) is 12.0 Å². The SMILES string of the molecule is [C-]#[N+]C[C@H]1CN(c2nc(OCC3(CN4CCCC4)CC3)nc3c(F)c(-c4cccc5c4C[C@@H]4C[C@H]54)ncc23)CCN1C(=O)C(=C)F. The number of pyridine rings is 1. The fourth-order valence-corrected chi connectivity index (χ4v) is 7.92. The summed E-state index contributed by atoms with van der Waals surface area (Å²) in [4.78, 5) is 35.9. The number of piperazine rings is 1. The van der Waals surface area contributed by atoms with Crippen LogP contribution in [0, 0.1) is 23.7 Å². The predicted octanol–water partition coefficient (Wildman–Crippen LogP) is 5.16. The van der Waals surface area contributed by atoms with Gasteiger partial charge in [-0.05, 0) is 74.6 Å². The lowest BCUT2D eigenvalue weighted by atomic mass is 9.96. The van der Waals surface area contributed by atoms with Crippen molar-refractivity contribution in [3.8, 4) is 17.3 Å². The molecule has 0 radical (unpaired) electrons.